The fourth-order valence-electron chi connectivity index (χ4n) is 1.74. The summed E-state index contributed by atoms with van der Waals surface area (Å²) in [6, 6.07) is 4.37. The average molecular weight is 275 g/mol. The molecule has 0 amide bonds. The van der Waals surface area contributed by atoms with Crippen LogP contribution >= 0.6 is 11.3 Å². The normalized spacial score (nSPS) is 13.5. The summed E-state index contributed by atoms with van der Waals surface area (Å²) in [5.74, 6) is 0. The standard InChI is InChI=1S/C15H21N3S/c1-11(12-6-5-7-16-8-12)17-9-13-10-18-14(19-13)15(2,3)4/h5-8,10-11,17H,9H2,1-4H3/t11-/m0/s1. The summed E-state index contributed by atoms with van der Waals surface area (Å²) in [6.45, 7) is 9.59. The van der Waals surface area contributed by atoms with E-state index in [0.717, 1.165) is 6.54 Å². The molecule has 4 heteroatoms. The molecule has 1 N–H and O–H groups in total. The van der Waals surface area contributed by atoms with Crippen LogP contribution in [0.2, 0.25) is 0 Å². The molecule has 0 aliphatic rings. The number of thiazole rings is 1. The van der Waals surface area contributed by atoms with Crippen molar-refractivity contribution in [2.45, 2.75) is 45.7 Å². The largest absolute Gasteiger partial charge is 0.305 e. The van der Waals surface area contributed by atoms with E-state index in [2.05, 4.69) is 49.0 Å². The summed E-state index contributed by atoms with van der Waals surface area (Å²) in [7, 11) is 0. The van der Waals surface area contributed by atoms with E-state index in [1.807, 2.05) is 18.5 Å². The molecule has 0 aliphatic carbocycles. The number of nitrogens with zero attached hydrogens (tertiary/aromatic N) is 2. The second-order valence-electron chi connectivity index (χ2n) is 5.77. The van der Waals surface area contributed by atoms with Gasteiger partial charge in [0.1, 0.15) is 0 Å². The maximum absolute atomic E-state index is 4.50. The van der Waals surface area contributed by atoms with Crippen molar-refractivity contribution in [2.75, 3.05) is 0 Å². The van der Waals surface area contributed by atoms with Crippen molar-refractivity contribution in [3.8, 4) is 0 Å². The van der Waals surface area contributed by atoms with Crippen LogP contribution in [-0.2, 0) is 12.0 Å². The molecule has 0 bridgehead atoms. The molecule has 3 nitrogen and oxygen atoms in total. The van der Waals surface area contributed by atoms with E-state index in [9.17, 15) is 0 Å². The third-order valence-corrected chi connectivity index (χ3v) is 4.39. The Morgan fingerprint density at radius 3 is 2.68 bits per heavy atom. The van der Waals surface area contributed by atoms with E-state index in [1.54, 1.807) is 17.5 Å². The average Bonchev–Trinajstić information content (AvgIpc) is 2.86. The van der Waals surface area contributed by atoms with Crippen molar-refractivity contribution in [3.63, 3.8) is 0 Å². The number of hydrogen-bond acceptors (Lipinski definition) is 4. The number of pyridine rings is 1. The topological polar surface area (TPSA) is 37.8 Å². The summed E-state index contributed by atoms with van der Waals surface area (Å²) in [4.78, 5) is 9.93. The molecule has 2 heterocycles. The molecule has 0 radical (unpaired) electrons. The van der Waals surface area contributed by atoms with Gasteiger partial charge < -0.3 is 5.32 Å². The predicted molar refractivity (Wildman–Crippen MR) is 80.3 cm³/mol. The lowest BCUT2D eigenvalue weighted by atomic mass is 9.98. The SMILES string of the molecule is C[C@H](NCc1cnc(C(C)(C)C)s1)c1cccnc1. The van der Waals surface area contributed by atoms with Gasteiger partial charge in [0.05, 0.1) is 5.01 Å². The van der Waals surface area contributed by atoms with Crippen molar-refractivity contribution in [2.24, 2.45) is 0 Å². The Bertz CT molecular complexity index is 514. The van der Waals surface area contributed by atoms with Crippen molar-refractivity contribution in [1.29, 1.82) is 0 Å². The van der Waals surface area contributed by atoms with Gasteiger partial charge in [-0.15, -0.1) is 11.3 Å². The maximum Gasteiger partial charge on any atom is 0.0981 e. The van der Waals surface area contributed by atoms with E-state index in [-0.39, 0.29) is 5.41 Å². The molecule has 2 aromatic heterocycles. The first-order chi connectivity index (χ1) is 8.97. The van der Waals surface area contributed by atoms with E-state index in [1.165, 1.54) is 15.4 Å². The minimum atomic E-state index is 0.137. The zero-order chi connectivity index (χ0) is 13.9. The lowest BCUT2D eigenvalue weighted by Gasteiger charge is -2.14. The molecule has 0 saturated heterocycles. The molecule has 102 valence electrons. The minimum Gasteiger partial charge on any atom is -0.305 e. The first-order valence-electron chi connectivity index (χ1n) is 6.55. The van der Waals surface area contributed by atoms with Gasteiger partial charge in [-0.25, -0.2) is 4.98 Å². The van der Waals surface area contributed by atoms with Crippen LogP contribution in [0.5, 0.6) is 0 Å². The van der Waals surface area contributed by atoms with Crippen LogP contribution in [0.4, 0.5) is 0 Å². The molecule has 0 spiro atoms. The van der Waals surface area contributed by atoms with Crippen LogP contribution in [0, 0.1) is 0 Å². The summed E-state index contributed by atoms with van der Waals surface area (Å²) in [6.07, 6.45) is 5.69. The second-order valence-corrected chi connectivity index (χ2v) is 6.89. The summed E-state index contributed by atoms with van der Waals surface area (Å²) >= 11 is 1.79. The number of rotatable bonds is 4. The molecule has 0 aromatic carbocycles. The number of nitrogens with one attached hydrogen (secondary N) is 1. The van der Waals surface area contributed by atoms with Crippen molar-refractivity contribution in [3.05, 3.63) is 46.2 Å². The molecular formula is C15H21N3S. The monoisotopic (exact) mass is 275 g/mol. The van der Waals surface area contributed by atoms with E-state index < -0.39 is 0 Å². The summed E-state index contributed by atoms with van der Waals surface area (Å²) in [5.41, 5.74) is 1.35. The van der Waals surface area contributed by atoms with Crippen LogP contribution in [0.15, 0.2) is 30.7 Å². The number of aromatic nitrogens is 2. The molecule has 0 unspecified atom stereocenters. The smallest absolute Gasteiger partial charge is 0.0981 e. The third-order valence-electron chi connectivity index (χ3n) is 2.96. The second kappa shape index (κ2) is 5.80. The highest BCUT2D eigenvalue weighted by Gasteiger charge is 2.18. The molecule has 0 aliphatic heterocycles. The van der Waals surface area contributed by atoms with Gasteiger partial charge in [0.15, 0.2) is 0 Å². The Kier molecular flexibility index (Phi) is 4.32. The van der Waals surface area contributed by atoms with Crippen molar-refractivity contribution in [1.82, 2.24) is 15.3 Å². The maximum atomic E-state index is 4.50. The number of hydrogen-bond donors (Lipinski definition) is 1. The highest BCUT2D eigenvalue weighted by Crippen LogP contribution is 2.27. The van der Waals surface area contributed by atoms with Gasteiger partial charge >= 0.3 is 0 Å². The van der Waals surface area contributed by atoms with Gasteiger partial charge in [0.25, 0.3) is 0 Å². The molecule has 1 atom stereocenters. The van der Waals surface area contributed by atoms with E-state index >= 15 is 0 Å². The molecule has 2 aromatic rings. The van der Waals surface area contributed by atoms with Crippen LogP contribution in [0.3, 0.4) is 0 Å². The highest BCUT2D eigenvalue weighted by atomic mass is 32.1. The van der Waals surface area contributed by atoms with Crippen molar-refractivity contribution < 1.29 is 0 Å². The molecular weight excluding hydrogens is 254 g/mol. The van der Waals surface area contributed by atoms with Gasteiger partial charge in [-0.1, -0.05) is 26.8 Å². The van der Waals surface area contributed by atoms with Crippen LogP contribution in [0.25, 0.3) is 0 Å². The zero-order valence-electron chi connectivity index (χ0n) is 12.0. The van der Waals surface area contributed by atoms with Gasteiger partial charge in [-0.05, 0) is 18.6 Å². The van der Waals surface area contributed by atoms with Crippen LogP contribution in [0.1, 0.15) is 49.2 Å². The first kappa shape index (κ1) is 14.2. The van der Waals surface area contributed by atoms with Crippen molar-refractivity contribution >= 4 is 11.3 Å². The summed E-state index contributed by atoms with van der Waals surface area (Å²) < 4.78 is 0. The fourth-order valence-corrected chi connectivity index (χ4v) is 2.66. The molecule has 0 fully saturated rings. The first-order valence-corrected chi connectivity index (χ1v) is 7.37. The van der Waals surface area contributed by atoms with Gasteiger partial charge in [0.2, 0.25) is 0 Å². The fraction of sp³-hybridized carbons (Fsp3) is 0.467. The summed E-state index contributed by atoms with van der Waals surface area (Å²) in [5, 5.41) is 4.70. The lowest BCUT2D eigenvalue weighted by molar-refractivity contribution is 0.576. The Morgan fingerprint density at radius 2 is 2.11 bits per heavy atom. The van der Waals surface area contributed by atoms with Crippen LogP contribution < -0.4 is 5.32 Å². The van der Waals surface area contributed by atoms with Gasteiger partial charge in [-0.2, -0.15) is 0 Å². The Morgan fingerprint density at radius 1 is 1.32 bits per heavy atom. The van der Waals surface area contributed by atoms with Crippen LogP contribution in [-0.4, -0.2) is 9.97 Å². The quantitative estimate of drug-likeness (QED) is 0.925. The molecule has 0 saturated carbocycles. The van der Waals surface area contributed by atoms with Gasteiger partial charge in [0, 0.05) is 41.5 Å². The third kappa shape index (κ3) is 3.85. The Balaban J connectivity index is 1.94. The zero-order valence-corrected chi connectivity index (χ0v) is 12.8. The Hall–Kier alpha value is -1.26. The predicted octanol–water partition coefficient (Wildman–Crippen LogP) is 3.69. The highest BCUT2D eigenvalue weighted by molar-refractivity contribution is 7.11. The van der Waals surface area contributed by atoms with E-state index in [4.69, 9.17) is 0 Å². The lowest BCUT2D eigenvalue weighted by Crippen LogP contribution is -2.17. The molecule has 19 heavy (non-hydrogen) atoms. The van der Waals surface area contributed by atoms with Gasteiger partial charge in [-0.3, -0.25) is 4.98 Å². The van der Waals surface area contributed by atoms with E-state index in [0.29, 0.717) is 6.04 Å². The molecule has 2 rings (SSSR count). The minimum absolute atomic E-state index is 0.137. The Labute approximate surface area is 119 Å².